The largest absolute Gasteiger partial charge is 0.0990 e. The summed E-state index contributed by atoms with van der Waals surface area (Å²) in [6.07, 6.45) is 7.68. The standard InChI is InChI=1S/C16H20/c1-6-8-13-10-11-15(16(3,4)5)12-14(13)9-7-2/h6-12H,1-2H2,3-5H3/b13-8-,14-9-. The molecule has 0 aliphatic carbocycles. The Kier molecular flexibility index (Phi) is 3.89. The SMILES string of the molecule is C=C/C=c1/ccc(C(C)(C)C)c/c1=C/C=C. The summed E-state index contributed by atoms with van der Waals surface area (Å²) in [6.45, 7) is 14.1. The summed E-state index contributed by atoms with van der Waals surface area (Å²) in [6, 6.07) is 6.53. The van der Waals surface area contributed by atoms with Gasteiger partial charge in [-0.1, -0.05) is 76.4 Å². The van der Waals surface area contributed by atoms with Crippen molar-refractivity contribution in [2.45, 2.75) is 26.2 Å². The summed E-state index contributed by atoms with van der Waals surface area (Å²) in [4.78, 5) is 0. The summed E-state index contributed by atoms with van der Waals surface area (Å²) in [7, 11) is 0. The molecular formula is C16H20. The Labute approximate surface area is 98.3 Å². The Balaban J connectivity index is 3.53. The highest BCUT2D eigenvalue weighted by Crippen LogP contribution is 2.19. The fourth-order valence-corrected chi connectivity index (χ4v) is 1.59. The van der Waals surface area contributed by atoms with E-state index < -0.39 is 0 Å². The minimum absolute atomic E-state index is 0.177. The lowest BCUT2D eigenvalue weighted by atomic mass is 9.86. The number of hydrogen-bond acceptors (Lipinski definition) is 0. The van der Waals surface area contributed by atoms with Gasteiger partial charge in [-0.25, -0.2) is 0 Å². The summed E-state index contributed by atoms with van der Waals surface area (Å²) >= 11 is 0. The zero-order valence-corrected chi connectivity index (χ0v) is 10.5. The molecule has 0 bridgehead atoms. The molecular weight excluding hydrogens is 192 g/mol. The van der Waals surface area contributed by atoms with Crippen LogP contribution in [-0.4, -0.2) is 0 Å². The van der Waals surface area contributed by atoms with Gasteiger partial charge in [0.05, 0.1) is 0 Å². The van der Waals surface area contributed by atoms with Crippen LogP contribution in [0.3, 0.4) is 0 Å². The van der Waals surface area contributed by atoms with Crippen LogP contribution < -0.4 is 10.4 Å². The van der Waals surface area contributed by atoms with Gasteiger partial charge in [-0.05, 0) is 21.4 Å². The van der Waals surface area contributed by atoms with E-state index in [1.165, 1.54) is 16.0 Å². The average molecular weight is 212 g/mol. The van der Waals surface area contributed by atoms with Gasteiger partial charge in [0.25, 0.3) is 0 Å². The van der Waals surface area contributed by atoms with Gasteiger partial charge in [-0.2, -0.15) is 0 Å². The van der Waals surface area contributed by atoms with Gasteiger partial charge in [0, 0.05) is 0 Å². The third-order valence-electron chi connectivity index (χ3n) is 2.55. The van der Waals surface area contributed by atoms with E-state index in [0.29, 0.717) is 0 Å². The molecule has 0 saturated carbocycles. The molecule has 0 radical (unpaired) electrons. The van der Waals surface area contributed by atoms with Gasteiger partial charge in [-0.15, -0.1) is 0 Å². The van der Waals surface area contributed by atoms with Gasteiger partial charge in [0.1, 0.15) is 0 Å². The number of allylic oxidation sites excluding steroid dienone is 2. The maximum atomic E-state index is 3.75. The van der Waals surface area contributed by atoms with E-state index in [2.05, 4.69) is 52.1 Å². The molecule has 1 aromatic carbocycles. The highest BCUT2D eigenvalue weighted by atomic mass is 14.2. The topological polar surface area (TPSA) is 0 Å². The van der Waals surface area contributed by atoms with Crippen LogP contribution in [0, 0.1) is 0 Å². The predicted octanol–water partition coefficient (Wildman–Crippen LogP) is 2.92. The number of benzene rings is 1. The number of hydrogen-bond donors (Lipinski definition) is 0. The third kappa shape index (κ3) is 2.96. The van der Waals surface area contributed by atoms with E-state index in [0.717, 1.165) is 0 Å². The quantitative estimate of drug-likeness (QED) is 0.707. The molecule has 0 nitrogen and oxygen atoms in total. The maximum Gasteiger partial charge on any atom is -0.0132 e. The van der Waals surface area contributed by atoms with Crippen molar-refractivity contribution >= 4 is 12.2 Å². The second-order valence-electron chi connectivity index (χ2n) is 4.90. The number of rotatable bonds is 2. The van der Waals surface area contributed by atoms with E-state index in [-0.39, 0.29) is 5.41 Å². The Bertz CT molecular complexity index is 496. The van der Waals surface area contributed by atoms with Crippen molar-refractivity contribution < 1.29 is 0 Å². The van der Waals surface area contributed by atoms with Crippen LogP contribution in [0.15, 0.2) is 43.5 Å². The minimum atomic E-state index is 0.177. The van der Waals surface area contributed by atoms with Crippen LogP contribution in [0.5, 0.6) is 0 Å². The Hall–Kier alpha value is -1.56. The molecule has 16 heavy (non-hydrogen) atoms. The van der Waals surface area contributed by atoms with Gasteiger partial charge in [0.2, 0.25) is 0 Å². The fourth-order valence-electron chi connectivity index (χ4n) is 1.59. The molecule has 0 saturated heterocycles. The monoisotopic (exact) mass is 212 g/mol. The van der Waals surface area contributed by atoms with Crippen LogP contribution in [-0.2, 0) is 5.41 Å². The fraction of sp³-hybridized carbons (Fsp3) is 0.250. The lowest BCUT2D eigenvalue weighted by Crippen LogP contribution is -2.27. The molecule has 0 atom stereocenters. The lowest BCUT2D eigenvalue weighted by molar-refractivity contribution is 0.589. The van der Waals surface area contributed by atoms with Gasteiger partial charge in [-0.3, -0.25) is 0 Å². The first-order valence-electron chi connectivity index (χ1n) is 5.55. The summed E-state index contributed by atoms with van der Waals surface area (Å²) in [5.41, 5.74) is 1.51. The highest BCUT2D eigenvalue weighted by molar-refractivity contribution is 5.44. The maximum absolute atomic E-state index is 3.75. The van der Waals surface area contributed by atoms with Crippen molar-refractivity contribution in [1.29, 1.82) is 0 Å². The summed E-state index contributed by atoms with van der Waals surface area (Å²) in [5.74, 6) is 0. The molecule has 0 N–H and O–H groups in total. The van der Waals surface area contributed by atoms with E-state index in [1.54, 1.807) is 0 Å². The Morgan fingerprint density at radius 1 is 0.938 bits per heavy atom. The predicted molar refractivity (Wildman–Crippen MR) is 73.7 cm³/mol. The van der Waals surface area contributed by atoms with E-state index in [1.807, 2.05) is 24.3 Å². The van der Waals surface area contributed by atoms with Crippen molar-refractivity contribution in [3.63, 3.8) is 0 Å². The van der Waals surface area contributed by atoms with Gasteiger partial charge < -0.3 is 0 Å². The highest BCUT2D eigenvalue weighted by Gasteiger charge is 2.12. The molecule has 1 aromatic rings. The van der Waals surface area contributed by atoms with Crippen LogP contribution in [0.1, 0.15) is 26.3 Å². The first-order chi connectivity index (χ1) is 7.49. The zero-order chi connectivity index (χ0) is 12.2. The Morgan fingerprint density at radius 3 is 2.00 bits per heavy atom. The van der Waals surface area contributed by atoms with Crippen molar-refractivity contribution in [3.05, 3.63) is 59.5 Å². The normalized spacial score (nSPS) is 13.9. The molecule has 0 amide bonds. The van der Waals surface area contributed by atoms with E-state index in [9.17, 15) is 0 Å². The van der Waals surface area contributed by atoms with Gasteiger partial charge >= 0.3 is 0 Å². The van der Waals surface area contributed by atoms with Crippen molar-refractivity contribution in [1.82, 2.24) is 0 Å². The summed E-state index contributed by atoms with van der Waals surface area (Å²) < 4.78 is 0. The van der Waals surface area contributed by atoms with Crippen LogP contribution in [0.4, 0.5) is 0 Å². The van der Waals surface area contributed by atoms with Crippen LogP contribution in [0.2, 0.25) is 0 Å². The molecule has 0 heteroatoms. The van der Waals surface area contributed by atoms with Crippen LogP contribution in [0.25, 0.3) is 12.2 Å². The first-order valence-corrected chi connectivity index (χ1v) is 5.55. The molecule has 0 spiro atoms. The lowest BCUT2D eigenvalue weighted by Gasteiger charge is -2.18. The van der Waals surface area contributed by atoms with Crippen molar-refractivity contribution in [3.8, 4) is 0 Å². The second-order valence-corrected chi connectivity index (χ2v) is 4.90. The van der Waals surface area contributed by atoms with Crippen molar-refractivity contribution in [2.75, 3.05) is 0 Å². The molecule has 0 aliphatic rings. The molecule has 0 unspecified atom stereocenters. The molecule has 0 heterocycles. The Morgan fingerprint density at radius 2 is 1.50 bits per heavy atom. The zero-order valence-electron chi connectivity index (χ0n) is 10.5. The molecule has 0 aromatic heterocycles. The van der Waals surface area contributed by atoms with E-state index in [4.69, 9.17) is 0 Å². The third-order valence-corrected chi connectivity index (χ3v) is 2.55. The molecule has 84 valence electrons. The first kappa shape index (κ1) is 12.5. The minimum Gasteiger partial charge on any atom is -0.0990 e. The van der Waals surface area contributed by atoms with Gasteiger partial charge in [0.15, 0.2) is 0 Å². The van der Waals surface area contributed by atoms with E-state index >= 15 is 0 Å². The molecule has 0 fully saturated rings. The second kappa shape index (κ2) is 4.98. The molecule has 0 aliphatic heterocycles. The molecule has 1 rings (SSSR count). The van der Waals surface area contributed by atoms with Crippen molar-refractivity contribution in [2.24, 2.45) is 0 Å². The average Bonchev–Trinajstić information content (AvgIpc) is 2.19. The van der Waals surface area contributed by atoms with Crippen LogP contribution >= 0.6 is 0 Å². The summed E-state index contributed by atoms with van der Waals surface area (Å²) in [5, 5.41) is 2.38. The smallest absolute Gasteiger partial charge is 0.0132 e.